The van der Waals surface area contributed by atoms with Gasteiger partial charge in [0.25, 0.3) is 0 Å². The molecule has 0 aromatic carbocycles. The van der Waals surface area contributed by atoms with Gasteiger partial charge in [0.15, 0.2) is 12.2 Å². The van der Waals surface area contributed by atoms with Gasteiger partial charge in [0.1, 0.15) is 19.3 Å². The topological polar surface area (TPSA) is 237 Å². The van der Waals surface area contributed by atoms with Crippen molar-refractivity contribution in [2.24, 2.45) is 5.92 Å². The van der Waals surface area contributed by atoms with Crippen LogP contribution in [0, 0.1) is 5.92 Å². The molecule has 0 aliphatic carbocycles. The Morgan fingerprint density at radius 3 is 0.648 bits per heavy atom. The van der Waals surface area contributed by atoms with E-state index in [9.17, 15) is 43.2 Å². The molecular formula is C86H168O17P2. The zero-order chi connectivity index (χ0) is 76.9. The molecule has 624 valence electrons. The van der Waals surface area contributed by atoms with Crippen LogP contribution in [0.15, 0.2) is 0 Å². The van der Waals surface area contributed by atoms with E-state index in [2.05, 4.69) is 34.6 Å². The van der Waals surface area contributed by atoms with Gasteiger partial charge in [-0.2, -0.15) is 0 Å². The Balaban J connectivity index is 5.25. The monoisotopic (exact) mass is 1540 g/mol. The number of aliphatic hydroxyl groups excluding tert-OH is 1. The van der Waals surface area contributed by atoms with E-state index in [-0.39, 0.29) is 25.7 Å². The molecule has 0 radical (unpaired) electrons. The molecule has 0 aromatic rings. The Morgan fingerprint density at radius 1 is 0.257 bits per heavy atom. The van der Waals surface area contributed by atoms with E-state index in [1.165, 1.54) is 289 Å². The summed E-state index contributed by atoms with van der Waals surface area (Å²) >= 11 is 0. The van der Waals surface area contributed by atoms with Crippen molar-refractivity contribution in [2.45, 2.75) is 483 Å². The number of phosphoric acid groups is 2. The summed E-state index contributed by atoms with van der Waals surface area (Å²) in [6.07, 6.45) is 72.2. The maximum atomic E-state index is 13.1. The smallest absolute Gasteiger partial charge is 0.462 e. The quantitative estimate of drug-likeness (QED) is 0.0222. The molecule has 2 unspecified atom stereocenters. The predicted octanol–water partition coefficient (Wildman–Crippen LogP) is 26.4. The fourth-order valence-electron chi connectivity index (χ4n) is 13.5. The van der Waals surface area contributed by atoms with Crippen LogP contribution in [0.5, 0.6) is 0 Å². The Labute approximate surface area is 645 Å². The molecule has 0 rings (SSSR count). The fraction of sp³-hybridized carbons (Fsp3) is 0.953. The average molecular weight is 1540 g/mol. The normalized spacial score (nSPS) is 13.8. The summed E-state index contributed by atoms with van der Waals surface area (Å²) in [6, 6.07) is 0. The summed E-state index contributed by atoms with van der Waals surface area (Å²) in [6.45, 7) is 7.35. The first kappa shape index (κ1) is 103. The fourth-order valence-corrected chi connectivity index (χ4v) is 15.1. The lowest BCUT2D eigenvalue weighted by molar-refractivity contribution is -0.161. The van der Waals surface area contributed by atoms with Gasteiger partial charge in [-0.15, -0.1) is 0 Å². The number of carbonyl (C=O) groups excluding carboxylic acids is 4. The van der Waals surface area contributed by atoms with Gasteiger partial charge < -0.3 is 33.8 Å². The molecule has 3 N–H and O–H groups in total. The number of hydrogen-bond donors (Lipinski definition) is 3. The van der Waals surface area contributed by atoms with E-state index in [4.69, 9.17) is 37.0 Å². The highest BCUT2D eigenvalue weighted by molar-refractivity contribution is 7.47. The third kappa shape index (κ3) is 79.9. The van der Waals surface area contributed by atoms with Gasteiger partial charge in [-0.3, -0.25) is 37.3 Å². The summed E-state index contributed by atoms with van der Waals surface area (Å²) in [7, 11) is -9.93. The first-order valence-electron chi connectivity index (χ1n) is 44.6. The first-order valence-corrected chi connectivity index (χ1v) is 47.6. The highest BCUT2D eigenvalue weighted by Gasteiger charge is 2.30. The lowest BCUT2D eigenvalue weighted by Gasteiger charge is -2.21. The molecule has 17 nitrogen and oxygen atoms in total. The molecule has 0 aliphatic heterocycles. The Kier molecular flexibility index (Phi) is 77.3. The van der Waals surface area contributed by atoms with Crippen LogP contribution in [0.2, 0.25) is 0 Å². The van der Waals surface area contributed by atoms with Crippen LogP contribution < -0.4 is 0 Å². The molecular weight excluding hydrogens is 1370 g/mol. The second kappa shape index (κ2) is 78.7. The number of unbranched alkanes of at least 4 members (excludes halogenated alkanes) is 58. The Morgan fingerprint density at radius 2 is 0.438 bits per heavy atom. The van der Waals surface area contributed by atoms with E-state index in [0.29, 0.717) is 25.7 Å². The molecule has 0 bridgehead atoms. The average Bonchev–Trinajstić information content (AvgIpc) is 0.913. The zero-order valence-corrected chi connectivity index (χ0v) is 70.7. The molecule has 0 heterocycles. The molecule has 19 heteroatoms. The summed E-state index contributed by atoms with van der Waals surface area (Å²) in [5, 5.41) is 10.7. The minimum Gasteiger partial charge on any atom is -0.462 e. The lowest BCUT2D eigenvalue weighted by Crippen LogP contribution is -2.30. The van der Waals surface area contributed by atoms with E-state index in [0.717, 1.165) is 95.8 Å². The van der Waals surface area contributed by atoms with Crippen LogP contribution in [-0.2, 0) is 65.4 Å². The van der Waals surface area contributed by atoms with Crippen molar-refractivity contribution < 1.29 is 80.2 Å². The maximum absolute atomic E-state index is 13.1. The number of aliphatic hydroxyl groups is 1. The van der Waals surface area contributed by atoms with E-state index >= 15 is 0 Å². The van der Waals surface area contributed by atoms with Gasteiger partial charge in [-0.05, 0) is 31.6 Å². The lowest BCUT2D eigenvalue weighted by atomic mass is 10.0. The second-order valence-electron chi connectivity index (χ2n) is 31.4. The minimum absolute atomic E-state index is 0.108. The van der Waals surface area contributed by atoms with Crippen molar-refractivity contribution in [3.8, 4) is 0 Å². The molecule has 0 aliphatic rings. The van der Waals surface area contributed by atoms with Crippen LogP contribution in [0.25, 0.3) is 0 Å². The van der Waals surface area contributed by atoms with E-state index in [1.54, 1.807) is 0 Å². The van der Waals surface area contributed by atoms with Gasteiger partial charge in [0.05, 0.1) is 26.4 Å². The molecule has 0 saturated carbocycles. The first-order chi connectivity index (χ1) is 51.0. The van der Waals surface area contributed by atoms with Crippen LogP contribution in [0.1, 0.15) is 465 Å². The summed E-state index contributed by atoms with van der Waals surface area (Å²) in [5.41, 5.74) is 0. The third-order valence-electron chi connectivity index (χ3n) is 20.3. The van der Waals surface area contributed by atoms with Crippen LogP contribution >= 0.6 is 15.6 Å². The summed E-state index contributed by atoms with van der Waals surface area (Å²) in [4.78, 5) is 73.3. The molecule has 0 saturated heterocycles. The molecule has 0 aromatic heterocycles. The van der Waals surface area contributed by atoms with Crippen molar-refractivity contribution >= 4 is 39.5 Å². The number of esters is 4. The summed E-state index contributed by atoms with van der Waals surface area (Å²) < 4.78 is 68.9. The van der Waals surface area contributed by atoms with Gasteiger partial charge in [0.2, 0.25) is 0 Å². The molecule has 0 spiro atoms. The van der Waals surface area contributed by atoms with E-state index < -0.39 is 97.5 Å². The van der Waals surface area contributed by atoms with Crippen molar-refractivity contribution in [2.75, 3.05) is 39.6 Å². The van der Waals surface area contributed by atoms with Gasteiger partial charge in [-0.25, -0.2) is 9.13 Å². The highest BCUT2D eigenvalue weighted by Crippen LogP contribution is 2.45. The van der Waals surface area contributed by atoms with Crippen molar-refractivity contribution in [3.63, 3.8) is 0 Å². The van der Waals surface area contributed by atoms with Gasteiger partial charge >= 0.3 is 39.5 Å². The zero-order valence-electron chi connectivity index (χ0n) is 68.9. The number of rotatable bonds is 86. The van der Waals surface area contributed by atoms with Crippen molar-refractivity contribution in [1.82, 2.24) is 0 Å². The van der Waals surface area contributed by atoms with E-state index in [1.807, 2.05) is 0 Å². The number of phosphoric ester groups is 2. The van der Waals surface area contributed by atoms with Crippen LogP contribution in [0.3, 0.4) is 0 Å². The molecule has 0 amide bonds. The molecule has 105 heavy (non-hydrogen) atoms. The maximum Gasteiger partial charge on any atom is 0.472 e. The largest absolute Gasteiger partial charge is 0.472 e. The predicted molar refractivity (Wildman–Crippen MR) is 432 cm³/mol. The Bertz CT molecular complexity index is 2000. The minimum atomic E-state index is -4.97. The second-order valence-corrected chi connectivity index (χ2v) is 34.3. The van der Waals surface area contributed by atoms with Crippen molar-refractivity contribution in [1.29, 1.82) is 0 Å². The number of hydrogen-bond acceptors (Lipinski definition) is 15. The molecule has 0 fully saturated rings. The molecule has 5 atom stereocenters. The Hall–Kier alpha value is -1.94. The number of carbonyl (C=O) groups is 4. The van der Waals surface area contributed by atoms with Gasteiger partial charge in [0, 0.05) is 25.7 Å². The SMILES string of the molecule is CCCCCCCCCCCCCCCCCCCCCCC(=O)O[C@H](COC(=O)CCCCCCCCCCCCCCCCCCC)COP(=O)(O)OC[C@@H](O)COP(=O)(O)OC[C@@H](COC(=O)CCCCCCCCCCCC(C)C)OC(=O)CCCCCCCCCCCCCCCCCC. The highest BCUT2D eigenvalue weighted by atomic mass is 31.2. The van der Waals surface area contributed by atoms with Crippen LogP contribution in [-0.4, -0.2) is 96.7 Å². The van der Waals surface area contributed by atoms with Gasteiger partial charge in [-0.1, -0.05) is 413 Å². The third-order valence-corrected chi connectivity index (χ3v) is 22.2. The standard InChI is InChI=1S/C86H168O17P2/c1-6-9-12-15-18-21-24-27-30-33-34-35-37-40-43-46-51-57-62-67-72-85(90)102-81(75-96-83(88)69-64-59-54-49-44-41-39-36-31-28-25-22-19-16-13-10-7-2)77-100-104(92,93)98-73-80(87)74-99-105(94,95)101-78-82(76-97-84(89)70-65-60-55-52-47-48-53-58-63-68-79(4)5)103-86(91)71-66-61-56-50-45-42-38-32-29-26-23-20-17-14-11-8-3/h79-82,87H,6-78H2,1-5H3,(H,92,93)(H,94,95)/t80-,81-,82-/m1/s1. The number of ether oxygens (including phenoxy) is 4. The van der Waals surface area contributed by atoms with Crippen LogP contribution in [0.4, 0.5) is 0 Å². The van der Waals surface area contributed by atoms with Crippen molar-refractivity contribution in [3.05, 3.63) is 0 Å². The summed E-state index contributed by atoms with van der Waals surface area (Å²) in [5.74, 6) is -1.35.